The lowest BCUT2D eigenvalue weighted by molar-refractivity contribution is -0.118. The number of nitrogens with one attached hydrogen (secondary N) is 1. The SMILES string of the molecule is O=C(COc1ccc(Cl)cc1Cl)Nc1sc2c(c1C(=O)N1CCOCC1)CCCC2. The summed E-state index contributed by atoms with van der Waals surface area (Å²) in [4.78, 5) is 28.8. The average molecular weight is 469 g/mol. The molecular formula is C21H22Cl2N2O4S. The lowest BCUT2D eigenvalue weighted by atomic mass is 9.95. The smallest absolute Gasteiger partial charge is 0.262 e. The molecule has 2 heterocycles. The lowest BCUT2D eigenvalue weighted by Gasteiger charge is -2.27. The van der Waals surface area contributed by atoms with Gasteiger partial charge in [0.15, 0.2) is 6.61 Å². The molecule has 30 heavy (non-hydrogen) atoms. The zero-order valence-electron chi connectivity index (χ0n) is 16.3. The first-order chi connectivity index (χ1) is 14.5. The van der Waals surface area contributed by atoms with Gasteiger partial charge in [0.25, 0.3) is 11.8 Å². The van der Waals surface area contributed by atoms with Crippen molar-refractivity contribution in [2.24, 2.45) is 0 Å². The normalized spacial score (nSPS) is 16.1. The Bertz CT molecular complexity index is 957. The fourth-order valence-electron chi connectivity index (χ4n) is 3.70. The molecule has 1 N–H and O–H groups in total. The molecule has 1 saturated heterocycles. The summed E-state index contributed by atoms with van der Waals surface area (Å²) in [6.45, 7) is 1.99. The molecule has 1 aliphatic carbocycles. The van der Waals surface area contributed by atoms with Gasteiger partial charge >= 0.3 is 0 Å². The number of aryl methyl sites for hydroxylation is 1. The maximum absolute atomic E-state index is 13.3. The number of fused-ring (bicyclic) bond motifs is 1. The molecule has 1 fully saturated rings. The van der Waals surface area contributed by atoms with E-state index in [1.54, 1.807) is 23.1 Å². The molecule has 0 saturated carbocycles. The first-order valence-electron chi connectivity index (χ1n) is 9.92. The first-order valence-corrected chi connectivity index (χ1v) is 11.5. The van der Waals surface area contributed by atoms with Crippen LogP contribution in [-0.2, 0) is 22.4 Å². The molecular weight excluding hydrogens is 447 g/mol. The van der Waals surface area contributed by atoms with Crippen molar-refractivity contribution in [2.75, 3.05) is 38.2 Å². The molecule has 1 aliphatic heterocycles. The van der Waals surface area contributed by atoms with Crippen molar-refractivity contribution in [3.8, 4) is 5.75 Å². The minimum absolute atomic E-state index is 0.0327. The van der Waals surface area contributed by atoms with Gasteiger partial charge < -0.3 is 19.7 Å². The van der Waals surface area contributed by atoms with Crippen molar-refractivity contribution in [3.05, 3.63) is 44.2 Å². The van der Waals surface area contributed by atoms with E-state index in [0.29, 0.717) is 52.7 Å². The summed E-state index contributed by atoms with van der Waals surface area (Å²) in [5.74, 6) is 0.0108. The van der Waals surface area contributed by atoms with E-state index in [0.717, 1.165) is 31.2 Å². The molecule has 4 rings (SSSR count). The fraction of sp³-hybridized carbons (Fsp3) is 0.429. The molecule has 2 aromatic rings. The van der Waals surface area contributed by atoms with E-state index in [-0.39, 0.29) is 18.4 Å². The van der Waals surface area contributed by atoms with Gasteiger partial charge in [-0.1, -0.05) is 23.2 Å². The van der Waals surface area contributed by atoms with E-state index < -0.39 is 0 Å². The maximum Gasteiger partial charge on any atom is 0.262 e. The van der Waals surface area contributed by atoms with Crippen molar-refractivity contribution in [1.29, 1.82) is 0 Å². The third-order valence-electron chi connectivity index (χ3n) is 5.19. The Balaban J connectivity index is 1.50. The van der Waals surface area contributed by atoms with Gasteiger partial charge in [0.2, 0.25) is 0 Å². The Hall–Kier alpha value is -1.80. The van der Waals surface area contributed by atoms with Gasteiger partial charge in [0, 0.05) is 23.0 Å². The van der Waals surface area contributed by atoms with Crippen LogP contribution in [0.2, 0.25) is 10.0 Å². The fourth-order valence-corrected chi connectivity index (χ4v) is 5.46. The molecule has 6 nitrogen and oxygen atoms in total. The number of halogens is 2. The molecule has 9 heteroatoms. The van der Waals surface area contributed by atoms with Crippen molar-refractivity contribution in [3.63, 3.8) is 0 Å². The highest BCUT2D eigenvalue weighted by Gasteiger charge is 2.30. The second-order valence-electron chi connectivity index (χ2n) is 7.23. The molecule has 0 atom stereocenters. The van der Waals surface area contributed by atoms with Crippen molar-refractivity contribution in [2.45, 2.75) is 25.7 Å². The number of hydrogen-bond donors (Lipinski definition) is 1. The summed E-state index contributed by atoms with van der Waals surface area (Å²) in [6, 6.07) is 4.82. The lowest BCUT2D eigenvalue weighted by Crippen LogP contribution is -2.41. The van der Waals surface area contributed by atoms with Crippen LogP contribution in [0.15, 0.2) is 18.2 Å². The summed E-state index contributed by atoms with van der Waals surface area (Å²) < 4.78 is 10.9. The second-order valence-corrected chi connectivity index (χ2v) is 9.18. The largest absolute Gasteiger partial charge is 0.482 e. The van der Waals surface area contributed by atoms with Gasteiger partial charge in [0.1, 0.15) is 10.8 Å². The standard InChI is InChI=1S/C21H22Cl2N2O4S/c22-13-5-6-16(15(23)11-13)29-12-18(26)24-20-19(14-3-1-2-4-17(14)30-20)21(27)25-7-9-28-10-8-25/h5-6,11H,1-4,7-10,12H2,(H,24,26). The van der Waals surface area contributed by atoms with Gasteiger partial charge in [-0.05, 0) is 49.4 Å². The highest BCUT2D eigenvalue weighted by atomic mass is 35.5. The van der Waals surface area contributed by atoms with Crippen LogP contribution in [-0.4, -0.2) is 49.6 Å². The Kier molecular flexibility index (Phi) is 6.83. The number of carbonyl (C=O) groups is 2. The molecule has 1 aromatic carbocycles. The second kappa shape index (κ2) is 9.56. The highest BCUT2D eigenvalue weighted by molar-refractivity contribution is 7.17. The number of nitrogens with zero attached hydrogens (tertiary/aromatic N) is 1. The molecule has 2 aliphatic rings. The monoisotopic (exact) mass is 468 g/mol. The van der Waals surface area contributed by atoms with E-state index >= 15 is 0 Å². The third kappa shape index (κ3) is 4.75. The Morgan fingerprint density at radius 2 is 1.93 bits per heavy atom. The van der Waals surface area contributed by atoms with Crippen LogP contribution in [0.25, 0.3) is 0 Å². The summed E-state index contributed by atoms with van der Waals surface area (Å²) >= 11 is 13.5. The minimum Gasteiger partial charge on any atom is -0.482 e. The van der Waals surface area contributed by atoms with Crippen molar-refractivity contribution in [1.82, 2.24) is 4.90 Å². The number of thiophene rings is 1. The Morgan fingerprint density at radius 3 is 2.70 bits per heavy atom. The molecule has 2 amide bonds. The van der Waals surface area contributed by atoms with Crippen molar-refractivity contribution >= 4 is 51.4 Å². The molecule has 0 bridgehead atoms. The van der Waals surface area contributed by atoms with Crippen LogP contribution in [0, 0.1) is 0 Å². The van der Waals surface area contributed by atoms with E-state index in [2.05, 4.69) is 5.32 Å². The van der Waals surface area contributed by atoms with Crippen LogP contribution in [0.5, 0.6) is 5.75 Å². The predicted molar refractivity (Wildman–Crippen MR) is 118 cm³/mol. The van der Waals surface area contributed by atoms with Crippen LogP contribution in [0.1, 0.15) is 33.6 Å². The third-order valence-corrected chi connectivity index (χ3v) is 6.93. The Morgan fingerprint density at radius 1 is 1.17 bits per heavy atom. The number of benzene rings is 1. The van der Waals surface area contributed by atoms with Crippen LogP contribution in [0.4, 0.5) is 5.00 Å². The number of rotatable bonds is 5. The molecule has 0 spiro atoms. The minimum atomic E-state index is -0.337. The number of anilines is 1. The van der Waals surface area contributed by atoms with Crippen molar-refractivity contribution < 1.29 is 19.1 Å². The zero-order chi connectivity index (χ0) is 21.1. The topological polar surface area (TPSA) is 67.9 Å². The van der Waals surface area contributed by atoms with E-state index in [9.17, 15) is 9.59 Å². The van der Waals surface area contributed by atoms with E-state index in [1.165, 1.54) is 16.2 Å². The summed E-state index contributed by atoms with van der Waals surface area (Å²) in [7, 11) is 0. The number of carbonyl (C=O) groups excluding carboxylic acids is 2. The summed E-state index contributed by atoms with van der Waals surface area (Å²) in [5.41, 5.74) is 1.72. The van der Waals surface area contributed by atoms with Crippen LogP contribution in [0.3, 0.4) is 0 Å². The van der Waals surface area contributed by atoms with Gasteiger partial charge in [-0.25, -0.2) is 0 Å². The van der Waals surface area contributed by atoms with E-state index in [4.69, 9.17) is 32.7 Å². The maximum atomic E-state index is 13.3. The number of amides is 2. The number of morpholine rings is 1. The zero-order valence-corrected chi connectivity index (χ0v) is 18.7. The quantitative estimate of drug-likeness (QED) is 0.704. The van der Waals surface area contributed by atoms with Crippen LogP contribution >= 0.6 is 34.5 Å². The van der Waals surface area contributed by atoms with E-state index in [1.807, 2.05) is 0 Å². The Labute approximate surface area is 189 Å². The van der Waals surface area contributed by atoms with Gasteiger partial charge in [-0.2, -0.15) is 0 Å². The number of hydrogen-bond acceptors (Lipinski definition) is 5. The average Bonchev–Trinajstić information content (AvgIpc) is 3.11. The molecule has 0 unspecified atom stereocenters. The highest BCUT2D eigenvalue weighted by Crippen LogP contribution is 2.39. The predicted octanol–water partition coefficient (Wildman–Crippen LogP) is 4.42. The molecule has 160 valence electrons. The molecule has 0 radical (unpaired) electrons. The summed E-state index contributed by atoms with van der Waals surface area (Å²) in [6.07, 6.45) is 3.96. The van der Waals surface area contributed by atoms with Crippen LogP contribution < -0.4 is 10.1 Å². The number of ether oxygens (including phenoxy) is 2. The first kappa shape index (κ1) is 21.4. The molecule has 1 aromatic heterocycles. The van der Waals surface area contributed by atoms with Gasteiger partial charge in [-0.15, -0.1) is 11.3 Å². The summed E-state index contributed by atoms with van der Waals surface area (Å²) in [5, 5.41) is 4.33. The van der Waals surface area contributed by atoms with Gasteiger partial charge in [0.05, 0.1) is 23.8 Å². The van der Waals surface area contributed by atoms with Gasteiger partial charge in [-0.3, -0.25) is 9.59 Å².